The number of hydrogen-bond donors (Lipinski definition) is 0. The second-order valence-electron chi connectivity index (χ2n) is 11.0. The molecule has 0 N–H and O–H groups in total. The lowest BCUT2D eigenvalue weighted by atomic mass is 9.98. The van der Waals surface area contributed by atoms with Crippen LogP contribution in [0.3, 0.4) is 0 Å². The highest BCUT2D eigenvalue weighted by Gasteiger charge is 2.52. The van der Waals surface area contributed by atoms with E-state index in [1.54, 1.807) is 28.4 Å². The van der Waals surface area contributed by atoms with E-state index < -0.39 is 8.32 Å². The Morgan fingerprint density at radius 1 is 0.795 bits per heavy atom. The monoisotopic (exact) mass is 550 g/mol. The van der Waals surface area contributed by atoms with Gasteiger partial charge in [0.05, 0.1) is 27.4 Å². The van der Waals surface area contributed by atoms with Crippen molar-refractivity contribution in [3.05, 3.63) is 77.9 Å². The van der Waals surface area contributed by atoms with Crippen molar-refractivity contribution in [2.24, 2.45) is 0 Å². The van der Waals surface area contributed by atoms with Crippen LogP contribution in [0.25, 0.3) is 0 Å². The first kappa shape index (κ1) is 29.1. The van der Waals surface area contributed by atoms with Gasteiger partial charge in [0.15, 0.2) is 11.5 Å². The predicted molar refractivity (Wildman–Crippen MR) is 157 cm³/mol. The minimum absolute atomic E-state index is 0.0627. The molecule has 0 spiro atoms. The molecule has 4 rings (SSSR count). The second-order valence-corrected chi connectivity index (χ2v) is 15.2. The first-order valence-electron chi connectivity index (χ1n) is 13.5. The summed E-state index contributed by atoms with van der Waals surface area (Å²) >= 11 is 0. The summed E-state index contributed by atoms with van der Waals surface area (Å²) < 4.78 is 36.5. The van der Waals surface area contributed by atoms with E-state index in [9.17, 15) is 0 Å². The Kier molecular flexibility index (Phi) is 9.38. The van der Waals surface area contributed by atoms with Crippen LogP contribution in [0.5, 0.6) is 17.2 Å². The molecule has 0 saturated heterocycles. The summed E-state index contributed by atoms with van der Waals surface area (Å²) in [5.41, 5.74) is 2.08. The summed E-state index contributed by atoms with van der Waals surface area (Å²) in [5.74, 6) is 1.89. The van der Waals surface area contributed by atoms with Crippen molar-refractivity contribution in [1.82, 2.24) is 0 Å². The Labute approximate surface area is 234 Å². The number of methoxy groups -OCH3 is 4. The fraction of sp³-hybridized carbons (Fsp3) is 0.438. The molecule has 2 atom stereocenters. The largest absolute Gasteiger partial charge is 0.493 e. The SMILES string of the molecule is COCOC1CC(O[Si](c2ccccc2)(c2ccccc2)C(C)(C)C)CCc2c1cc(OC)c(OC)c2OC. The van der Waals surface area contributed by atoms with Crippen LogP contribution in [-0.4, -0.2) is 49.7 Å². The Hall–Kier alpha value is -2.84. The molecule has 0 aliphatic heterocycles. The zero-order valence-electron chi connectivity index (χ0n) is 24.3. The quantitative estimate of drug-likeness (QED) is 0.185. The Morgan fingerprint density at radius 2 is 1.38 bits per heavy atom. The van der Waals surface area contributed by atoms with E-state index in [0.29, 0.717) is 23.7 Å². The number of benzene rings is 3. The summed E-state index contributed by atoms with van der Waals surface area (Å²) in [6, 6.07) is 23.5. The van der Waals surface area contributed by atoms with Gasteiger partial charge < -0.3 is 28.1 Å². The minimum Gasteiger partial charge on any atom is -0.493 e. The van der Waals surface area contributed by atoms with Gasteiger partial charge in [0.2, 0.25) is 5.75 Å². The second kappa shape index (κ2) is 12.6. The van der Waals surface area contributed by atoms with Gasteiger partial charge >= 0.3 is 0 Å². The highest BCUT2D eigenvalue weighted by Crippen LogP contribution is 2.48. The van der Waals surface area contributed by atoms with Gasteiger partial charge in [-0.25, -0.2) is 0 Å². The van der Waals surface area contributed by atoms with E-state index in [1.807, 2.05) is 6.07 Å². The molecule has 0 saturated carbocycles. The third kappa shape index (κ3) is 5.73. The van der Waals surface area contributed by atoms with Crippen LogP contribution in [0.15, 0.2) is 66.7 Å². The lowest BCUT2D eigenvalue weighted by Crippen LogP contribution is -2.67. The Balaban J connectivity index is 1.83. The van der Waals surface area contributed by atoms with Gasteiger partial charge in [-0.1, -0.05) is 81.4 Å². The van der Waals surface area contributed by atoms with Crippen molar-refractivity contribution in [2.45, 2.75) is 57.3 Å². The van der Waals surface area contributed by atoms with E-state index in [-0.39, 0.29) is 24.0 Å². The number of hydrogen-bond acceptors (Lipinski definition) is 6. The zero-order valence-corrected chi connectivity index (χ0v) is 25.3. The van der Waals surface area contributed by atoms with Crippen molar-refractivity contribution < 1.29 is 28.1 Å². The first-order chi connectivity index (χ1) is 18.8. The van der Waals surface area contributed by atoms with Crippen molar-refractivity contribution in [3.63, 3.8) is 0 Å². The molecule has 2 unspecified atom stereocenters. The number of rotatable bonds is 10. The average molecular weight is 551 g/mol. The van der Waals surface area contributed by atoms with Crippen LogP contribution < -0.4 is 24.6 Å². The van der Waals surface area contributed by atoms with Gasteiger partial charge in [0.25, 0.3) is 8.32 Å². The molecule has 0 bridgehead atoms. The van der Waals surface area contributed by atoms with E-state index in [2.05, 4.69) is 81.4 Å². The fourth-order valence-corrected chi connectivity index (χ4v) is 10.7. The molecule has 39 heavy (non-hydrogen) atoms. The van der Waals surface area contributed by atoms with Crippen LogP contribution in [0.1, 0.15) is 50.8 Å². The average Bonchev–Trinajstić information content (AvgIpc) is 3.12. The van der Waals surface area contributed by atoms with Gasteiger partial charge in [-0.3, -0.25) is 0 Å². The van der Waals surface area contributed by atoms with Crippen LogP contribution in [0.2, 0.25) is 5.04 Å². The van der Waals surface area contributed by atoms with Crippen LogP contribution in [0, 0.1) is 0 Å². The number of fused-ring (bicyclic) bond motifs is 1. The maximum atomic E-state index is 7.54. The minimum atomic E-state index is -2.75. The van der Waals surface area contributed by atoms with Crippen molar-refractivity contribution in [3.8, 4) is 17.2 Å². The molecule has 0 heterocycles. The molecule has 0 radical (unpaired) electrons. The third-order valence-electron chi connectivity index (χ3n) is 7.65. The van der Waals surface area contributed by atoms with Gasteiger partial charge in [-0.15, -0.1) is 0 Å². The topological polar surface area (TPSA) is 55.4 Å². The highest BCUT2D eigenvalue weighted by atomic mass is 28.4. The molecule has 3 aromatic rings. The van der Waals surface area contributed by atoms with Gasteiger partial charge in [-0.2, -0.15) is 0 Å². The van der Waals surface area contributed by atoms with Crippen LogP contribution >= 0.6 is 0 Å². The van der Waals surface area contributed by atoms with E-state index in [0.717, 1.165) is 24.0 Å². The maximum absolute atomic E-state index is 7.54. The molecular weight excluding hydrogens is 508 g/mol. The van der Waals surface area contributed by atoms with Crippen molar-refractivity contribution >= 4 is 18.7 Å². The van der Waals surface area contributed by atoms with E-state index >= 15 is 0 Å². The van der Waals surface area contributed by atoms with Gasteiger partial charge in [0.1, 0.15) is 6.79 Å². The molecule has 3 aromatic carbocycles. The summed E-state index contributed by atoms with van der Waals surface area (Å²) in [7, 11) is 3.84. The number of ether oxygens (including phenoxy) is 5. The fourth-order valence-electron chi connectivity index (χ4n) is 5.93. The lowest BCUT2D eigenvalue weighted by Gasteiger charge is -2.45. The lowest BCUT2D eigenvalue weighted by molar-refractivity contribution is -0.0842. The van der Waals surface area contributed by atoms with Gasteiger partial charge in [-0.05, 0) is 39.9 Å². The van der Waals surface area contributed by atoms with Crippen molar-refractivity contribution in [2.75, 3.05) is 35.2 Å². The summed E-state index contributed by atoms with van der Waals surface area (Å²) in [4.78, 5) is 0. The molecule has 0 fully saturated rings. The summed E-state index contributed by atoms with van der Waals surface area (Å²) in [5, 5.41) is 2.41. The molecule has 1 aliphatic carbocycles. The maximum Gasteiger partial charge on any atom is 0.261 e. The zero-order chi connectivity index (χ0) is 28.0. The molecule has 210 valence electrons. The standard InChI is InChI=1S/C32H42O6Si/c1-32(2,3)39(24-14-10-8-11-15-24,25-16-12-9-13-17-25)38-23-18-19-26-27(28(20-23)37-22-33-4)21-29(34-5)31(36-7)30(26)35-6/h8-17,21,23,28H,18-20,22H2,1-7H3. The molecule has 1 aliphatic rings. The Bertz CT molecular complexity index is 1170. The van der Waals surface area contributed by atoms with E-state index in [1.165, 1.54) is 10.4 Å². The molecule has 0 aromatic heterocycles. The molecule has 7 heteroatoms. The van der Waals surface area contributed by atoms with Gasteiger partial charge in [0, 0.05) is 25.2 Å². The summed E-state index contributed by atoms with van der Waals surface area (Å²) in [6.07, 6.45) is 1.93. The molecular formula is C32H42O6Si. The van der Waals surface area contributed by atoms with Crippen molar-refractivity contribution in [1.29, 1.82) is 0 Å². The first-order valence-corrected chi connectivity index (χ1v) is 15.4. The van der Waals surface area contributed by atoms with Crippen LogP contribution in [0.4, 0.5) is 0 Å². The highest BCUT2D eigenvalue weighted by molar-refractivity contribution is 6.99. The normalized spacial score (nSPS) is 17.7. The molecule has 6 nitrogen and oxygen atoms in total. The third-order valence-corrected chi connectivity index (χ3v) is 12.7. The van der Waals surface area contributed by atoms with Crippen LogP contribution in [-0.2, 0) is 20.3 Å². The summed E-state index contributed by atoms with van der Waals surface area (Å²) in [6.45, 7) is 7.10. The Morgan fingerprint density at radius 3 is 1.87 bits per heavy atom. The predicted octanol–water partition coefficient (Wildman–Crippen LogP) is 5.66. The molecule has 0 amide bonds. The van der Waals surface area contributed by atoms with E-state index in [4.69, 9.17) is 28.1 Å². The smallest absolute Gasteiger partial charge is 0.261 e.